The highest BCUT2D eigenvalue weighted by molar-refractivity contribution is 5.98. The highest BCUT2D eigenvalue weighted by Crippen LogP contribution is 2.29. The van der Waals surface area contributed by atoms with Gasteiger partial charge in [-0.15, -0.1) is 0 Å². The van der Waals surface area contributed by atoms with Crippen LogP contribution in [0.1, 0.15) is 0 Å². The fourth-order valence-electron chi connectivity index (χ4n) is 3.72. The van der Waals surface area contributed by atoms with Crippen LogP contribution in [0.15, 0.2) is 71.7 Å². The van der Waals surface area contributed by atoms with Crippen LogP contribution in [-0.4, -0.2) is 21.1 Å². The molecule has 0 radical (unpaired) electrons. The first-order chi connectivity index (χ1) is 13.2. The fraction of sp³-hybridized carbons (Fsp3) is 0.0909. The number of aromatic amines is 1. The second-order valence-electron chi connectivity index (χ2n) is 6.67. The van der Waals surface area contributed by atoms with Crippen molar-refractivity contribution >= 4 is 32.7 Å². The molecule has 5 rings (SSSR count). The SMILES string of the molecule is NCCn1cc(-c2nc3cc4ccccc4cc3[nH]c2=O)c2ccccc21. The smallest absolute Gasteiger partial charge is 0.275 e. The maximum absolute atomic E-state index is 12.8. The first-order valence-corrected chi connectivity index (χ1v) is 8.96. The molecule has 0 saturated carbocycles. The van der Waals surface area contributed by atoms with Crippen LogP contribution in [0.3, 0.4) is 0 Å². The Morgan fingerprint density at radius 2 is 1.74 bits per heavy atom. The maximum Gasteiger partial charge on any atom is 0.275 e. The third-order valence-electron chi connectivity index (χ3n) is 4.97. The van der Waals surface area contributed by atoms with E-state index in [1.54, 1.807) is 0 Å². The number of para-hydroxylation sites is 1. The third-order valence-corrected chi connectivity index (χ3v) is 4.97. The number of nitrogens with zero attached hydrogens (tertiary/aromatic N) is 2. The summed E-state index contributed by atoms with van der Waals surface area (Å²) in [5.74, 6) is 0. The molecule has 27 heavy (non-hydrogen) atoms. The van der Waals surface area contributed by atoms with Crippen molar-refractivity contribution in [3.63, 3.8) is 0 Å². The Morgan fingerprint density at radius 3 is 2.56 bits per heavy atom. The van der Waals surface area contributed by atoms with E-state index in [4.69, 9.17) is 10.7 Å². The van der Waals surface area contributed by atoms with Crippen molar-refractivity contribution in [1.82, 2.24) is 14.5 Å². The van der Waals surface area contributed by atoms with Crippen molar-refractivity contribution in [1.29, 1.82) is 0 Å². The molecule has 3 N–H and O–H groups in total. The fourth-order valence-corrected chi connectivity index (χ4v) is 3.72. The highest BCUT2D eigenvalue weighted by atomic mass is 16.1. The Kier molecular flexibility index (Phi) is 3.55. The number of aromatic nitrogens is 3. The molecule has 0 unspecified atom stereocenters. The number of nitrogens with one attached hydrogen (secondary N) is 1. The van der Waals surface area contributed by atoms with Gasteiger partial charge in [0.25, 0.3) is 5.56 Å². The van der Waals surface area contributed by atoms with E-state index in [9.17, 15) is 4.79 Å². The molecule has 0 aliphatic carbocycles. The van der Waals surface area contributed by atoms with Crippen molar-refractivity contribution in [2.75, 3.05) is 6.54 Å². The monoisotopic (exact) mass is 354 g/mol. The van der Waals surface area contributed by atoms with Crippen LogP contribution >= 0.6 is 0 Å². The van der Waals surface area contributed by atoms with Gasteiger partial charge in [0.15, 0.2) is 0 Å². The summed E-state index contributed by atoms with van der Waals surface area (Å²) in [6.07, 6.45) is 1.97. The number of rotatable bonds is 3. The third kappa shape index (κ3) is 2.52. The Morgan fingerprint density at radius 1 is 1.00 bits per heavy atom. The van der Waals surface area contributed by atoms with Gasteiger partial charge in [-0.1, -0.05) is 42.5 Å². The van der Waals surface area contributed by atoms with E-state index in [1.165, 1.54) is 0 Å². The molecule has 5 heteroatoms. The lowest BCUT2D eigenvalue weighted by molar-refractivity contribution is 0.736. The first kappa shape index (κ1) is 15.8. The molecule has 0 aliphatic heterocycles. The van der Waals surface area contributed by atoms with E-state index in [2.05, 4.69) is 9.55 Å². The summed E-state index contributed by atoms with van der Waals surface area (Å²) in [5.41, 5.74) is 9.40. The van der Waals surface area contributed by atoms with Gasteiger partial charge in [-0.3, -0.25) is 4.79 Å². The van der Waals surface area contributed by atoms with E-state index in [0.29, 0.717) is 18.8 Å². The zero-order valence-corrected chi connectivity index (χ0v) is 14.6. The normalized spacial score (nSPS) is 11.6. The van der Waals surface area contributed by atoms with Crippen LogP contribution in [-0.2, 0) is 6.54 Å². The summed E-state index contributed by atoms with van der Waals surface area (Å²) < 4.78 is 2.08. The summed E-state index contributed by atoms with van der Waals surface area (Å²) in [4.78, 5) is 20.6. The summed E-state index contributed by atoms with van der Waals surface area (Å²) in [6.45, 7) is 1.22. The van der Waals surface area contributed by atoms with Gasteiger partial charge in [0.1, 0.15) is 5.69 Å². The Hall–Kier alpha value is -3.44. The van der Waals surface area contributed by atoms with Gasteiger partial charge in [0.05, 0.1) is 11.0 Å². The lowest BCUT2D eigenvalue weighted by Gasteiger charge is -2.04. The molecule has 2 aromatic heterocycles. The van der Waals surface area contributed by atoms with Gasteiger partial charge >= 0.3 is 0 Å². The predicted molar refractivity (Wildman–Crippen MR) is 110 cm³/mol. The quantitative estimate of drug-likeness (QED) is 0.486. The van der Waals surface area contributed by atoms with Crippen molar-refractivity contribution in [3.8, 4) is 11.3 Å². The highest BCUT2D eigenvalue weighted by Gasteiger charge is 2.15. The lowest BCUT2D eigenvalue weighted by Crippen LogP contribution is -2.11. The molecule has 0 atom stereocenters. The van der Waals surface area contributed by atoms with Crippen LogP contribution in [0.25, 0.3) is 44.0 Å². The number of hydrogen-bond donors (Lipinski definition) is 2. The van der Waals surface area contributed by atoms with Crippen molar-refractivity contribution in [3.05, 3.63) is 77.2 Å². The minimum Gasteiger partial charge on any atom is -0.346 e. The Labute approximate surface area is 155 Å². The summed E-state index contributed by atoms with van der Waals surface area (Å²) in [5, 5.41) is 3.18. The minimum atomic E-state index is -0.187. The molecular weight excluding hydrogens is 336 g/mol. The maximum atomic E-state index is 12.8. The van der Waals surface area contributed by atoms with E-state index >= 15 is 0 Å². The second kappa shape index (κ2) is 6.07. The molecule has 0 fully saturated rings. The van der Waals surface area contributed by atoms with Crippen LogP contribution < -0.4 is 11.3 Å². The molecule has 5 aromatic rings. The lowest BCUT2D eigenvalue weighted by atomic mass is 10.1. The number of fused-ring (bicyclic) bond motifs is 3. The minimum absolute atomic E-state index is 0.187. The van der Waals surface area contributed by atoms with Gasteiger partial charge in [-0.2, -0.15) is 0 Å². The number of nitrogens with two attached hydrogens (primary N) is 1. The van der Waals surface area contributed by atoms with E-state index in [0.717, 1.165) is 38.3 Å². The van der Waals surface area contributed by atoms with Gasteiger partial charge in [0.2, 0.25) is 0 Å². The van der Waals surface area contributed by atoms with E-state index in [-0.39, 0.29) is 5.56 Å². The number of hydrogen-bond acceptors (Lipinski definition) is 3. The molecule has 0 spiro atoms. The second-order valence-corrected chi connectivity index (χ2v) is 6.67. The van der Waals surface area contributed by atoms with E-state index in [1.807, 2.05) is 66.9 Å². The molecule has 0 bridgehead atoms. The first-order valence-electron chi connectivity index (χ1n) is 8.96. The number of benzene rings is 3. The molecule has 0 aliphatic rings. The summed E-state index contributed by atoms with van der Waals surface area (Å²) in [6, 6.07) is 20.1. The van der Waals surface area contributed by atoms with Crippen molar-refractivity contribution in [2.24, 2.45) is 5.73 Å². The van der Waals surface area contributed by atoms with Crippen LogP contribution in [0.2, 0.25) is 0 Å². The summed E-state index contributed by atoms with van der Waals surface area (Å²) >= 11 is 0. The van der Waals surface area contributed by atoms with Gasteiger partial charge in [-0.25, -0.2) is 4.98 Å². The summed E-state index contributed by atoms with van der Waals surface area (Å²) in [7, 11) is 0. The van der Waals surface area contributed by atoms with Crippen LogP contribution in [0, 0.1) is 0 Å². The van der Waals surface area contributed by atoms with Crippen molar-refractivity contribution < 1.29 is 0 Å². The standard InChI is InChI=1S/C22H18N4O/c23-9-10-26-13-17(16-7-3-4-8-20(16)26)21-22(27)25-19-12-15-6-2-1-5-14(15)11-18(19)24-21/h1-8,11-13H,9-10,23H2,(H,25,27). The zero-order chi connectivity index (χ0) is 18.4. The Balaban J connectivity index is 1.80. The van der Waals surface area contributed by atoms with Gasteiger partial charge in [-0.05, 0) is 29.0 Å². The van der Waals surface area contributed by atoms with Crippen LogP contribution in [0.4, 0.5) is 0 Å². The average molecular weight is 354 g/mol. The van der Waals surface area contributed by atoms with Crippen LogP contribution in [0.5, 0.6) is 0 Å². The van der Waals surface area contributed by atoms with Crippen molar-refractivity contribution in [2.45, 2.75) is 6.54 Å². The molecular formula is C22H18N4O. The topological polar surface area (TPSA) is 76.7 Å². The van der Waals surface area contributed by atoms with Gasteiger partial charge in [0, 0.05) is 35.8 Å². The molecule has 3 aromatic carbocycles. The molecule has 0 saturated heterocycles. The molecule has 132 valence electrons. The number of H-pyrrole nitrogens is 1. The molecule has 5 nitrogen and oxygen atoms in total. The Bertz CT molecular complexity index is 1360. The predicted octanol–water partition coefficient (Wildman–Crippen LogP) is 3.66. The average Bonchev–Trinajstić information content (AvgIpc) is 3.05. The largest absolute Gasteiger partial charge is 0.346 e. The molecule has 2 heterocycles. The molecule has 0 amide bonds. The van der Waals surface area contributed by atoms with Gasteiger partial charge < -0.3 is 15.3 Å². The van der Waals surface area contributed by atoms with E-state index < -0.39 is 0 Å². The zero-order valence-electron chi connectivity index (χ0n) is 14.6.